The second-order valence-corrected chi connectivity index (χ2v) is 17.8. The Morgan fingerprint density at radius 2 is 1.73 bits per heavy atom. The van der Waals surface area contributed by atoms with Crippen molar-refractivity contribution in [1.29, 1.82) is 0 Å². The van der Waals surface area contributed by atoms with Crippen molar-refractivity contribution in [2.75, 3.05) is 19.0 Å². The Morgan fingerprint density at radius 1 is 1.10 bits per heavy atom. The van der Waals surface area contributed by atoms with Crippen LogP contribution in [0.25, 0.3) is 0 Å². The molecule has 0 spiro atoms. The van der Waals surface area contributed by atoms with E-state index in [4.69, 9.17) is 23.7 Å². The van der Waals surface area contributed by atoms with Gasteiger partial charge in [-0.05, 0) is 63.2 Å². The van der Waals surface area contributed by atoms with E-state index < -0.39 is 81.7 Å². The molecule has 1 saturated heterocycles. The van der Waals surface area contributed by atoms with Gasteiger partial charge in [-0.3, -0.25) is 9.59 Å². The summed E-state index contributed by atoms with van der Waals surface area (Å²) in [5.74, 6) is -3.07. The molecule has 52 heavy (non-hydrogen) atoms. The highest BCUT2D eigenvalue weighted by Gasteiger charge is 2.72. The Morgan fingerprint density at radius 3 is 2.27 bits per heavy atom. The molecular formula is C40H56BrNO10. The summed E-state index contributed by atoms with van der Waals surface area (Å²) in [5, 5.41) is 15.7. The van der Waals surface area contributed by atoms with Crippen LogP contribution in [0.1, 0.15) is 93.7 Å². The van der Waals surface area contributed by atoms with Crippen molar-refractivity contribution >= 4 is 39.7 Å². The molecule has 2 bridgehead atoms. The second-order valence-electron chi connectivity index (χ2n) is 17.3. The van der Waals surface area contributed by atoms with Crippen molar-refractivity contribution in [2.24, 2.45) is 34.0 Å². The van der Waals surface area contributed by atoms with Gasteiger partial charge in [0.05, 0.1) is 29.8 Å². The number of methoxy groups -OCH3 is 1. The Hall–Kier alpha value is -2.80. The molecule has 2 saturated carbocycles. The number of amides is 1. The van der Waals surface area contributed by atoms with E-state index in [0.717, 1.165) is 0 Å². The Bertz CT molecular complexity index is 1600. The highest BCUT2D eigenvalue weighted by atomic mass is 79.9. The van der Waals surface area contributed by atoms with Crippen LogP contribution in [0.4, 0.5) is 4.79 Å². The minimum Gasteiger partial charge on any atom is -0.455 e. The number of benzene rings is 1. The van der Waals surface area contributed by atoms with Crippen LogP contribution in [0, 0.1) is 34.0 Å². The monoisotopic (exact) mass is 789 g/mol. The maximum Gasteiger partial charge on any atom is 0.408 e. The smallest absolute Gasteiger partial charge is 0.408 e. The van der Waals surface area contributed by atoms with Gasteiger partial charge in [-0.1, -0.05) is 80.9 Å². The number of esters is 2. The van der Waals surface area contributed by atoms with Crippen LogP contribution in [0.15, 0.2) is 41.5 Å². The summed E-state index contributed by atoms with van der Waals surface area (Å²) < 4.78 is 29.7. The van der Waals surface area contributed by atoms with Crippen LogP contribution in [-0.4, -0.2) is 83.6 Å². The number of ketones is 1. The van der Waals surface area contributed by atoms with E-state index in [-0.39, 0.29) is 29.6 Å². The largest absolute Gasteiger partial charge is 0.455 e. The molecule has 4 aliphatic rings. The highest BCUT2D eigenvalue weighted by Crippen LogP contribution is 2.68. The summed E-state index contributed by atoms with van der Waals surface area (Å²) in [6.07, 6.45) is -3.35. The van der Waals surface area contributed by atoms with Crippen molar-refractivity contribution in [1.82, 2.24) is 5.32 Å². The lowest BCUT2D eigenvalue weighted by atomic mass is 9.40. The summed E-state index contributed by atoms with van der Waals surface area (Å²) in [6, 6.07) is 7.47. The fraction of sp³-hybridized carbons (Fsp3) is 0.700. The number of alkyl halides is 1. The van der Waals surface area contributed by atoms with E-state index in [1.165, 1.54) is 0 Å². The van der Waals surface area contributed by atoms with Gasteiger partial charge in [-0.25, -0.2) is 9.59 Å². The first-order chi connectivity index (χ1) is 24.1. The zero-order valence-electron chi connectivity index (χ0n) is 32.3. The number of aliphatic hydroxyl groups is 1. The van der Waals surface area contributed by atoms with E-state index in [1.807, 2.05) is 41.5 Å². The van der Waals surface area contributed by atoms with Gasteiger partial charge in [0.15, 0.2) is 0 Å². The molecule has 1 aromatic rings. The normalized spacial score (nSPS) is 36.4. The molecule has 5 rings (SSSR count). The number of carbonyl (C=O) groups excluding carboxylic acids is 4. The van der Waals surface area contributed by atoms with Gasteiger partial charge in [-0.15, -0.1) is 0 Å². The second kappa shape index (κ2) is 14.1. The van der Waals surface area contributed by atoms with Gasteiger partial charge in [0.25, 0.3) is 0 Å². The van der Waals surface area contributed by atoms with E-state index in [9.17, 15) is 19.5 Å². The molecule has 0 radical (unpaired) electrons. The summed E-state index contributed by atoms with van der Waals surface area (Å²) in [7, 11) is 1.63. The van der Waals surface area contributed by atoms with Gasteiger partial charge in [0, 0.05) is 36.7 Å². The average molecular weight is 791 g/mol. The molecule has 11 atom stereocenters. The number of hydrogen-bond donors (Lipinski definition) is 2. The van der Waals surface area contributed by atoms with E-state index in [2.05, 4.69) is 28.2 Å². The maximum absolute atomic E-state index is 15.0. The van der Waals surface area contributed by atoms with Crippen molar-refractivity contribution in [3.8, 4) is 0 Å². The van der Waals surface area contributed by atoms with E-state index in [0.29, 0.717) is 29.7 Å². The molecule has 3 aliphatic carbocycles. The van der Waals surface area contributed by atoms with Crippen LogP contribution >= 0.6 is 15.9 Å². The lowest BCUT2D eigenvalue weighted by Gasteiger charge is -2.69. The Labute approximate surface area is 316 Å². The molecule has 3 fully saturated rings. The van der Waals surface area contributed by atoms with Gasteiger partial charge < -0.3 is 34.1 Å². The quantitative estimate of drug-likeness (QED) is 0.134. The third-order valence-electron chi connectivity index (χ3n) is 12.8. The predicted molar refractivity (Wildman–Crippen MR) is 196 cm³/mol. The first-order valence-electron chi connectivity index (χ1n) is 18.2. The zero-order chi connectivity index (χ0) is 38.8. The maximum atomic E-state index is 15.0. The first-order valence-corrected chi connectivity index (χ1v) is 19.3. The molecule has 1 aliphatic heterocycles. The van der Waals surface area contributed by atoms with Gasteiger partial charge in [0.2, 0.25) is 6.10 Å². The number of ether oxygens (including phenoxy) is 5. The number of fused-ring (bicyclic) bond motifs is 5. The number of Topliss-reactive ketones (excluding diaryl/α,β-unsaturated/α-hetero) is 1. The highest BCUT2D eigenvalue weighted by molar-refractivity contribution is 9.09. The number of nitrogens with one attached hydrogen (secondary N) is 1. The van der Waals surface area contributed by atoms with E-state index in [1.54, 1.807) is 58.2 Å². The van der Waals surface area contributed by atoms with Crippen LogP contribution in [0.2, 0.25) is 0 Å². The Balaban J connectivity index is 1.60. The van der Waals surface area contributed by atoms with Crippen LogP contribution < -0.4 is 5.32 Å². The summed E-state index contributed by atoms with van der Waals surface area (Å²) in [5.41, 5.74) is -2.67. The zero-order valence-corrected chi connectivity index (χ0v) is 33.9. The van der Waals surface area contributed by atoms with Crippen molar-refractivity contribution < 1.29 is 48.0 Å². The van der Waals surface area contributed by atoms with Crippen LogP contribution in [-0.2, 0) is 38.1 Å². The molecule has 1 heterocycles. The number of halogens is 1. The standard InChI is InChI=1S/C40H56BrNO10/c1-21-25(50-34(45)31(51-28(43)19-41)30(24-15-13-12-14-16-24)42-35(46)52-36(4,5)6)18-40(47)23(3)32-38(9)20-49-26(38)17-27(48-11)39(32,10)33(44)22(2)29(21)37(40,7)8/h12-16,22-23,25-27,30-32,47H,17-20H2,1-11H3,(H,42,46)/t22-,23+,25+,26-,27+,30+,31-,32?,38-,39-,40-/m1/s1. The summed E-state index contributed by atoms with van der Waals surface area (Å²) in [4.78, 5) is 55.4. The third kappa shape index (κ3) is 6.53. The molecule has 1 amide bonds. The fourth-order valence-corrected chi connectivity index (χ4v) is 10.6. The molecule has 11 nitrogen and oxygen atoms in total. The Kier molecular flexibility index (Phi) is 11.0. The topological polar surface area (TPSA) is 147 Å². The fourth-order valence-electron chi connectivity index (χ4n) is 10.5. The van der Waals surface area contributed by atoms with Crippen molar-refractivity contribution in [2.45, 2.75) is 124 Å². The van der Waals surface area contributed by atoms with Gasteiger partial charge >= 0.3 is 18.0 Å². The summed E-state index contributed by atoms with van der Waals surface area (Å²) >= 11 is 3.11. The molecular weight excluding hydrogens is 734 g/mol. The third-order valence-corrected chi connectivity index (χ3v) is 13.3. The minimum atomic E-state index is -1.63. The SMILES string of the molecule is CO[C@H]1C[C@H]2OC[C@@]2(C)C2[C@H](C)[C@]3(O)C[C@H](OC(=O)[C@H](OC(=O)CBr)[C@@H](NC(=O)OC(C)(C)C)c4ccccc4)C(C)=C([C@@H](C)C(=O)[C@@]21C)C3(C)C. The van der Waals surface area contributed by atoms with E-state index >= 15 is 4.79 Å². The number of rotatable bonds is 8. The first kappa shape index (κ1) is 40.4. The van der Waals surface area contributed by atoms with Gasteiger partial charge in [-0.2, -0.15) is 0 Å². The number of carbonyl (C=O) groups is 4. The summed E-state index contributed by atoms with van der Waals surface area (Å²) in [6.45, 7) is 19.4. The van der Waals surface area contributed by atoms with Crippen LogP contribution in [0.3, 0.4) is 0 Å². The predicted octanol–water partition coefficient (Wildman–Crippen LogP) is 6.25. The van der Waals surface area contributed by atoms with Gasteiger partial charge in [0.1, 0.15) is 28.9 Å². The number of hydrogen-bond acceptors (Lipinski definition) is 10. The molecule has 12 heteroatoms. The minimum absolute atomic E-state index is 0.0223. The lowest BCUT2D eigenvalue weighted by molar-refractivity contribution is -0.303. The average Bonchev–Trinajstić information content (AvgIpc) is 3.06. The van der Waals surface area contributed by atoms with Crippen molar-refractivity contribution in [3.05, 3.63) is 47.0 Å². The number of alkyl carbamates (subject to hydrolysis) is 1. The van der Waals surface area contributed by atoms with Crippen LogP contribution in [0.5, 0.6) is 0 Å². The molecule has 1 unspecified atom stereocenters. The molecule has 2 N–H and O–H groups in total. The lowest BCUT2D eigenvalue weighted by Crippen LogP contribution is -2.74. The molecule has 1 aromatic carbocycles. The van der Waals surface area contributed by atoms with Crippen molar-refractivity contribution in [3.63, 3.8) is 0 Å². The molecule has 0 aromatic heterocycles. The molecule has 288 valence electrons.